The first-order valence-corrected chi connectivity index (χ1v) is 8.39. The van der Waals surface area contributed by atoms with Crippen LogP contribution in [0.3, 0.4) is 0 Å². The molecule has 4 fully saturated rings. The lowest BCUT2D eigenvalue weighted by Crippen LogP contribution is -2.56. The zero-order valence-electron chi connectivity index (χ0n) is 13.0. The van der Waals surface area contributed by atoms with Gasteiger partial charge in [0.25, 0.3) is 0 Å². The Bertz CT molecular complexity index is 364. The Morgan fingerprint density at radius 2 is 1.38 bits per heavy atom. The lowest BCUT2D eigenvalue weighted by atomic mass is 9.84. The number of fused-ring (bicyclic) bond motifs is 1. The fourth-order valence-electron chi connectivity index (χ4n) is 3.84. The SMILES string of the molecule is CCC1(CC)COC2(OCC(C3CC4OC4C3)CO2)OC1. The number of hydrogen-bond donors (Lipinski definition) is 0. The second-order valence-corrected chi connectivity index (χ2v) is 7.11. The van der Waals surface area contributed by atoms with Crippen molar-refractivity contribution in [3.63, 3.8) is 0 Å². The topological polar surface area (TPSA) is 49.5 Å². The molecule has 0 aromatic rings. The van der Waals surface area contributed by atoms with E-state index in [1.165, 1.54) is 0 Å². The minimum atomic E-state index is -1.23. The van der Waals surface area contributed by atoms with Gasteiger partial charge in [0.1, 0.15) is 0 Å². The molecule has 3 saturated heterocycles. The average Bonchev–Trinajstić information content (AvgIpc) is 3.15. The maximum atomic E-state index is 5.86. The van der Waals surface area contributed by atoms with Crippen LogP contribution >= 0.6 is 0 Å². The zero-order chi connectivity index (χ0) is 14.5. The summed E-state index contributed by atoms with van der Waals surface area (Å²) >= 11 is 0. The predicted octanol–water partition coefficient (Wildman–Crippen LogP) is 2.29. The summed E-state index contributed by atoms with van der Waals surface area (Å²) in [5.41, 5.74) is 0.110. The maximum Gasteiger partial charge on any atom is 0.412 e. The van der Waals surface area contributed by atoms with E-state index in [0.717, 1.165) is 25.7 Å². The molecule has 0 N–H and O–H groups in total. The third-order valence-corrected chi connectivity index (χ3v) is 5.98. The average molecular weight is 298 g/mol. The molecule has 21 heavy (non-hydrogen) atoms. The second kappa shape index (κ2) is 5.17. The fraction of sp³-hybridized carbons (Fsp3) is 1.00. The lowest BCUT2D eigenvalue weighted by molar-refractivity contribution is -0.542. The van der Waals surface area contributed by atoms with Crippen molar-refractivity contribution in [2.75, 3.05) is 26.4 Å². The predicted molar refractivity (Wildman–Crippen MR) is 74.4 cm³/mol. The molecule has 1 aliphatic carbocycles. The normalized spacial score (nSPS) is 41.1. The van der Waals surface area contributed by atoms with E-state index in [9.17, 15) is 0 Å². The maximum absolute atomic E-state index is 5.86. The molecule has 1 spiro atoms. The van der Waals surface area contributed by atoms with E-state index in [1.54, 1.807) is 0 Å². The molecule has 0 amide bonds. The third kappa shape index (κ3) is 2.53. The smallest absolute Gasteiger partial charge is 0.370 e. The highest BCUT2D eigenvalue weighted by atomic mass is 17.0. The van der Waals surface area contributed by atoms with E-state index in [0.29, 0.717) is 50.5 Å². The zero-order valence-corrected chi connectivity index (χ0v) is 13.0. The van der Waals surface area contributed by atoms with Gasteiger partial charge < -0.3 is 23.7 Å². The Morgan fingerprint density at radius 1 is 0.810 bits per heavy atom. The van der Waals surface area contributed by atoms with E-state index in [4.69, 9.17) is 23.7 Å². The summed E-state index contributed by atoms with van der Waals surface area (Å²) in [4.78, 5) is 0. The number of ether oxygens (including phenoxy) is 5. The largest absolute Gasteiger partial charge is 0.412 e. The first-order chi connectivity index (χ1) is 10.2. The summed E-state index contributed by atoms with van der Waals surface area (Å²) in [7, 11) is 0. The van der Waals surface area contributed by atoms with Crippen molar-refractivity contribution in [2.45, 2.75) is 57.9 Å². The van der Waals surface area contributed by atoms with Crippen LogP contribution in [0.15, 0.2) is 0 Å². The molecule has 2 atom stereocenters. The molecular formula is C16H26O5. The Balaban J connectivity index is 1.31. The van der Waals surface area contributed by atoms with Crippen LogP contribution in [-0.2, 0) is 23.7 Å². The minimum absolute atomic E-state index is 0.110. The first-order valence-electron chi connectivity index (χ1n) is 8.39. The van der Waals surface area contributed by atoms with Crippen molar-refractivity contribution in [1.29, 1.82) is 0 Å². The van der Waals surface area contributed by atoms with Crippen LogP contribution in [0.25, 0.3) is 0 Å². The molecule has 3 aliphatic heterocycles. The van der Waals surface area contributed by atoms with Crippen LogP contribution in [-0.4, -0.2) is 44.8 Å². The van der Waals surface area contributed by atoms with Gasteiger partial charge in [0.05, 0.1) is 38.6 Å². The highest BCUT2D eigenvalue weighted by molar-refractivity contribution is 4.98. The Morgan fingerprint density at radius 3 is 1.90 bits per heavy atom. The lowest BCUT2D eigenvalue weighted by Gasteiger charge is -2.47. The van der Waals surface area contributed by atoms with Crippen molar-refractivity contribution in [3.8, 4) is 0 Å². The minimum Gasteiger partial charge on any atom is -0.370 e. The molecule has 0 bridgehead atoms. The van der Waals surface area contributed by atoms with Gasteiger partial charge in [-0.3, -0.25) is 0 Å². The molecule has 2 unspecified atom stereocenters. The van der Waals surface area contributed by atoms with Gasteiger partial charge in [0.2, 0.25) is 0 Å². The molecule has 5 heteroatoms. The van der Waals surface area contributed by atoms with Crippen LogP contribution in [0, 0.1) is 17.3 Å². The van der Waals surface area contributed by atoms with Gasteiger partial charge in [-0.2, -0.15) is 0 Å². The summed E-state index contributed by atoms with van der Waals surface area (Å²) in [5, 5.41) is 0. The highest BCUT2D eigenvalue weighted by Gasteiger charge is 2.53. The molecule has 5 nitrogen and oxygen atoms in total. The monoisotopic (exact) mass is 298 g/mol. The van der Waals surface area contributed by atoms with Crippen LogP contribution in [0.4, 0.5) is 0 Å². The summed E-state index contributed by atoms with van der Waals surface area (Å²) < 4.78 is 28.9. The molecule has 3 heterocycles. The third-order valence-electron chi connectivity index (χ3n) is 5.98. The van der Waals surface area contributed by atoms with Crippen molar-refractivity contribution >= 4 is 0 Å². The van der Waals surface area contributed by atoms with Gasteiger partial charge >= 0.3 is 6.16 Å². The van der Waals surface area contributed by atoms with Crippen molar-refractivity contribution in [3.05, 3.63) is 0 Å². The van der Waals surface area contributed by atoms with Crippen LogP contribution in [0.2, 0.25) is 0 Å². The van der Waals surface area contributed by atoms with E-state index in [1.807, 2.05) is 0 Å². The molecule has 1 saturated carbocycles. The van der Waals surface area contributed by atoms with Crippen LogP contribution in [0.5, 0.6) is 0 Å². The van der Waals surface area contributed by atoms with Crippen LogP contribution < -0.4 is 0 Å². The van der Waals surface area contributed by atoms with Crippen molar-refractivity contribution in [2.24, 2.45) is 17.3 Å². The quantitative estimate of drug-likeness (QED) is 0.748. The van der Waals surface area contributed by atoms with E-state index >= 15 is 0 Å². The highest BCUT2D eigenvalue weighted by Crippen LogP contribution is 2.47. The molecule has 4 rings (SSSR count). The van der Waals surface area contributed by atoms with Gasteiger partial charge in [-0.15, -0.1) is 0 Å². The Hall–Kier alpha value is -0.200. The first kappa shape index (κ1) is 14.4. The number of rotatable bonds is 3. The molecule has 4 aliphatic rings. The molecule has 120 valence electrons. The summed E-state index contributed by atoms with van der Waals surface area (Å²) in [6, 6.07) is 0. The molecule has 0 aromatic carbocycles. The summed E-state index contributed by atoms with van der Waals surface area (Å²) in [6.45, 7) is 6.98. The molecular weight excluding hydrogens is 272 g/mol. The van der Waals surface area contributed by atoms with Gasteiger partial charge in [-0.1, -0.05) is 13.8 Å². The van der Waals surface area contributed by atoms with E-state index in [2.05, 4.69) is 13.8 Å². The van der Waals surface area contributed by atoms with Gasteiger partial charge in [0.15, 0.2) is 0 Å². The number of hydrogen-bond acceptors (Lipinski definition) is 5. The van der Waals surface area contributed by atoms with Crippen LogP contribution in [0.1, 0.15) is 39.5 Å². The van der Waals surface area contributed by atoms with Crippen molar-refractivity contribution < 1.29 is 23.7 Å². The van der Waals surface area contributed by atoms with Gasteiger partial charge in [-0.25, -0.2) is 0 Å². The summed E-state index contributed by atoms with van der Waals surface area (Å²) in [6.07, 6.45) is 4.21. The van der Waals surface area contributed by atoms with E-state index < -0.39 is 6.16 Å². The second-order valence-electron chi connectivity index (χ2n) is 7.11. The van der Waals surface area contributed by atoms with E-state index in [-0.39, 0.29) is 5.41 Å². The number of epoxide rings is 1. The molecule has 0 aromatic heterocycles. The molecule has 0 radical (unpaired) electrons. The Labute approximate surface area is 126 Å². The standard InChI is InChI=1S/C16H26O5/c1-3-15(4-2)9-19-16(20-10-15)17-7-12(8-18-16)11-5-13-14(6-11)21-13/h11-14H,3-10H2,1-2H3. The Kier molecular flexibility index (Phi) is 3.54. The summed E-state index contributed by atoms with van der Waals surface area (Å²) in [5.74, 6) is 1.11. The van der Waals surface area contributed by atoms with Gasteiger partial charge in [0, 0.05) is 11.3 Å². The van der Waals surface area contributed by atoms with Crippen molar-refractivity contribution in [1.82, 2.24) is 0 Å². The van der Waals surface area contributed by atoms with Gasteiger partial charge in [-0.05, 0) is 31.6 Å². The fourth-order valence-corrected chi connectivity index (χ4v) is 3.84.